The molecule has 2 nitrogen and oxygen atoms in total. The zero-order valence-corrected chi connectivity index (χ0v) is 15.5. The van der Waals surface area contributed by atoms with Gasteiger partial charge in [0.1, 0.15) is 0 Å². The van der Waals surface area contributed by atoms with Crippen LogP contribution < -0.4 is 0 Å². The molecule has 0 spiro atoms. The van der Waals surface area contributed by atoms with Crippen molar-refractivity contribution in [2.75, 3.05) is 0 Å². The second kappa shape index (κ2) is 6.00. The van der Waals surface area contributed by atoms with Gasteiger partial charge in [-0.15, -0.1) is 0 Å². The monoisotopic (exact) mass is 360 g/mol. The fraction of sp³-hybridized carbons (Fsp3) is 0.0769. The molecule has 0 N–H and O–H groups in total. The highest BCUT2D eigenvalue weighted by Crippen LogP contribution is 2.28. The third-order valence-corrected chi connectivity index (χ3v) is 5.78. The highest BCUT2D eigenvalue weighted by molar-refractivity contribution is 5.96. The zero-order valence-electron chi connectivity index (χ0n) is 15.5. The lowest BCUT2D eigenvalue weighted by molar-refractivity contribution is 0.814. The molecule has 0 saturated heterocycles. The molecule has 0 atom stereocenters. The summed E-state index contributed by atoms with van der Waals surface area (Å²) < 4.78 is 4.74. The molecular weight excluding hydrogens is 340 g/mol. The fourth-order valence-electron chi connectivity index (χ4n) is 4.48. The number of nitrogens with zero attached hydrogens (tertiary/aromatic N) is 2. The molecule has 5 aromatic rings. The van der Waals surface area contributed by atoms with Gasteiger partial charge in [0.2, 0.25) is 0 Å². The Balaban J connectivity index is 1.66. The molecular formula is C26H20N2. The van der Waals surface area contributed by atoms with E-state index >= 15 is 0 Å². The van der Waals surface area contributed by atoms with Crippen LogP contribution in [0.5, 0.6) is 0 Å². The van der Waals surface area contributed by atoms with Crippen molar-refractivity contribution in [1.82, 2.24) is 9.13 Å². The summed E-state index contributed by atoms with van der Waals surface area (Å²) in [6.07, 6.45) is 9.09. The van der Waals surface area contributed by atoms with Gasteiger partial charge in [-0.05, 0) is 23.3 Å². The minimum absolute atomic E-state index is 0.888. The first-order valence-electron chi connectivity index (χ1n) is 9.77. The van der Waals surface area contributed by atoms with Crippen LogP contribution in [0.25, 0.3) is 34.0 Å². The molecule has 2 heteroatoms. The highest BCUT2D eigenvalue weighted by atomic mass is 15.0. The number of hydrogen-bond donors (Lipinski definition) is 0. The summed E-state index contributed by atoms with van der Waals surface area (Å²) in [5.74, 6) is 0. The van der Waals surface area contributed by atoms with Crippen molar-refractivity contribution in [3.63, 3.8) is 0 Å². The van der Waals surface area contributed by atoms with Crippen LogP contribution in [0.2, 0.25) is 0 Å². The maximum atomic E-state index is 2.37. The van der Waals surface area contributed by atoms with Gasteiger partial charge >= 0.3 is 0 Å². The molecule has 0 saturated carbocycles. The SMILES string of the molecule is C1=C\c2cn(c3ccccc23)Cc2cccc(c2)Cn2cc/1c1ccccc12. The number of fused-ring (bicyclic) bond motifs is 12. The van der Waals surface area contributed by atoms with Gasteiger partial charge < -0.3 is 9.13 Å². The normalized spacial score (nSPS) is 14.4. The Bertz CT molecular complexity index is 1260. The van der Waals surface area contributed by atoms with E-state index in [-0.39, 0.29) is 0 Å². The van der Waals surface area contributed by atoms with Crippen molar-refractivity contribution in [2.24, 2.45) is 0 Å². The van der Waals surface area contributed by atoms with E-state index in [1.165, 1.54) is 44.1 Å². The van der Waals surface area contributed by atoms with Gasteiger partial charge in [0.05, 0.1) is 0 Å². The van der Waals surface area contributed by atoms with Crippen LogP contribution in [0.1, 0.15) is 22.3 Å². The molecule has 28 heavy (non-hydrogen) atoms. The standard InChI is InChI=1S/C26H20N2/c1-3-10-25-23(8-1)21-12-13-22-18-28(26-11-4-2-9-24(22)26)16-20-7-5-6-19(14-20)15-27(25)17-21/h1-14,17-18H,15-16H2/b13-12-. The van der Waals surface area contributed by atoms with Crippen LogP contribution in [-0.2, 0) is 13.1 Å². The van der Waals surface area contributed by atoms with Gasteiger partial charge in [-0.25, -0.2) is 0 Å². The van der Waals surface area contributed by atoms with Gasteiger partial charge in [0.25, 0.3) is 0 Å². The lowest BCUT2D eigenvalue weighted by Gasteiger charge is -2.10. The predicted molar refractivity (Wildman–Crippen MR) is 117 cm³/mol. The largest absolute Gasteiger partial charge is 0.342 e. The maximum Gasteiger partial charge on any atom is 0.0489 e. The number of benzene rings is 3. The van der Waals surface area contributed by atoms with Crippen LogP contribution in [0.3, 0.4) is 0 Å². The lowest BCUT2D eigenvalue weighted by atomic mass is 10.1. The Labute approximate surface area is 164 Å². The molecule has 1 aliphatic rings. The number of hydrogen-bond acceptors (Lipinski definition) is 0. The van der Waals surface area contributed by atoms with Gasteiger partial charge in [0, 0.05) is 58.4 Å². The quantitative estimate of drug-likeness (QED) is 0.306. The highest BCUT2D eigenvalue weighted by Gasteiger charge is 2.11. The average Bonchev–Trinajstić information content (AvgIpc) is 3.25. The van der Waals surface area contributed by atoms with E-state index in [1.807, 2.05) is 0 Å². The molecule has 0 fully saturated rings. The molecule has 0 amide bonds. The lowest BCUT2D eigenvalue weighted by Crippen LogP contribution is -2.01. The first kappa shape index (κ1) is 15.5. The molecule has 0 aliphatic carbocycles. The number of para-hydroxylation sites is 2. The van der Waals surface area contributed by atoms with Crippen molar-refractivity contribution in [2.45, 2.75) is 13.1 Å². The third-order valence-electron chi connectivity index (χ3n) is 5.78. The average molecular weight is 360 g/mol. The minimum Gasteiger partial charge on any atom is -0.342 e. The second-order valence-electron chi connectivity index (χ2n) is 7.61. The van der Waals surface area contributed by atoms with E-state index in [0.29, 0.717) is 0 Å². The zero-order chi connectivity index (χ0) is 18.5. The molecule has 2 aromatic heterocycles. The molecule has 6 rings (SSSR count). The van der Waals surface area contributed by atoms with Crippen molar-refractivity contribution in [3.05, 3.63) is 107 Å². The van der Waals surface area contributed by atoms with Gasteiger partial charge in [-0.3, -0.25) is 0 Å². The van der Waals surface area contributed by atoms with Gasteiger partial charge in [-0.1, -0.05) is 72.8 Å². The van der Waals surface area contributed by atoms with E-state index in [0.717, 1.165) is 13.1 Å². The Morgan fingerprint density at radius 2 is 1.04 bits per heavy atom. The molecule has 0 unspecified atom stereocenters. The Morgan fingerprint density at radius 1 is 0.536 bits per heavy atom. The Kier molecular flexibility index (Phi) is 3.33. The number of rotatable bonds is 0. The first-order chi connectivity index (χ1) is 13.8. The fourth-order valence-corrected chi connectivity index (χ4v) is 4.48. The Hall–Kier alpha value is -3.52. The summed E-state index contributed by atoms with van der Waals surface area (Å²) in [5.41, 5.74) is 7.78. The van der Waals surface area contributed by atoms with Gasteiger partial charge in [-0.2, -0.15) is 0 Å². The topological polar surface area (TPSA) is 9.86 Å². The van der Waals surface area contributed by atoms with Crippen LogP contribution in [0.15, 0.2) is 85.2 Å². The summed E-state index contributed by atoms with van der Waals surface area (Å²) in [6, 6.07) is 26.4. The van der Waals surface area contributed by atoms with E-state index in [9.17, 15) is 0 Å². The summed E-state index contributed by atoms with van der Waals surface area (Å²) in [7, 11) is 0. The smallest absolute Gasteiger partial charge is 0.0489 e. The molecule has 0 radical (unpaired) electrons. The minimum atomic E-state index is 0.888. The van der Waals surface area contributed by atoms with Gasteiger partial charge in [0.15, 0.2) is 0 Å². The Morgan fingerprint density at radius 3 is 1.57 bits per heavy atom. The molecule has 3 aromatic carbocycles. The summed E-state index contributed by atoms with van der Waals surface area (Å²) in [6.45, 7) is 1.78. The van der Waals surface area contributed by atoms with Crippen molar-refractivity contribution < 1.29 is 0 Å². The third kappa shape index (κ3) is 2.42. The van der Waals surface area contributed by atoms with Crippen molar-refractivity contribution in [1.29, 1.82) is 0 Å². The van der Waals surface area contributed by atoms with Crippen LogP contribution in [0, 0.1) is 0 Å². The number of aromatic nitrogens is 2. The summed E-state index contributed by atoms with van der Waals surface area (Å²) in [4.78, 5) is 0. The second-order valence-corrected chi connectivity index (χ2v) is 7.61. The molecule has 134 valence electrons. The molecule has 1 aliphatic heterocycles. The van der Waals surface area contributed by atoms with E-state index in [1.54, 1.807) is 0 Å². The molecule has 6 bridgehead atoms. The summed E-state index contributed by atoms with van der Waals surface area (Å²) in [5, 5.41) is 2.60. The van der Waals surface area contributed by atoms with E-state index < -0.39 is 0 Å². The van der Waals surface area contributed by atoms with E-state index in [4.69, 9.17) is 0 Å². The predicted octanol–water partition coefficient (Wildman–Crippen LogP) is 6.18. The van der Waals surface area contributed by atoms with Crippen molar-refractivity contribution >= 4 is 34.0 Å². The van der Waals surface area contributed by atoms with Crippen LogP contribution >= 0.6 is 0 Å². The van der Waals surface area contributed by atoms with Crippen LogP contribution in [-0.4, -0.2) is 9.13 Å². The van der Waals surface area contributed by atoms with Crippen molar-refractivity contribution in [3.8, 4) is 0 Å². The summed E-state index contributed by atoms with van der Waals surface area (Å²) >= 11 is 0. The first-order valence-corrected chi connectivity index (χ1v) is 9.77. The van der Waals surface area contributed by atoms with Crippen LogP contribution in [0.4, 0.5) is 0 Å². The van der Waals surface area contributed by atoms with E-state index in [2.05, 4.69) is 106 Å². The molecule has 3 heterocycles. The maximum absolute atomic E-state index is 2.37.